The van der Waals surface area contributed by atoms with Crippen LogP contribution < -0.4 is 9.47 Å². The third-order valence-electron chi connectivity index (χ3n) is 4.82. The number of aldehydes is 1. The first-order chi connectivity index (χ1) is 16.9. The maximum Gasteiger partial charge on any atom is 0.298 e. The zero-order chi connectivity index (χ0) is 24.9. The highest BCUT2D eigenvalue weighted by atomic mass is 16.5. The molecule has 174 valence electrons. The maximum absolute atomic E-state index is 11.0. The Hall–Kier alpha value is -5.32. The maximum atomic E-state index is 11.0. The van der Waals surface area contributed by atoms with Crippen molar-refractivity contribution in [2.45, 2.75) is 0 Å². The molecular formula is C24H15N3O8. The fourth-order valence-electron chi connectivity index (χ4n) is 3.21. The minimum Gasteiger partial charge on any atom is -0.507 e. The number of hydrogen-bond acceptors (Lipinski definition) is 11. The van der Waals surface area contributed by atoms with Crippen LogP contribution in [0.1, 0.15) is 10.4 Å². The number of aromatic hydroxyl groups is 3. The van der Waals surface area contributed by atoms with Gasteiger partial charge in [0.15, 0.2) is 17.5 Å². The average Bonchev–Trinajstić information content (AvgIpc) is 2.84. The van der Waals surface area contributed by atoms with Crippen LogP contribution in [0.2, 0.25) is 0 Å². The van der Waals surface area contributed by atoms with Crippen LogP contribution in [-0.2, 0) is 9.59 Å². The van der Waals surface area contributed by atoms with Gasteiger partial charge in [-0.15, -0.1) is 0 Å². The molecule has 11 heteroatoms. The van der Waals surface area contributed by atoms with Gasteiger partial charge in [-0.05, 0) is 36.4 Å². The predicted octanol–water partition coefficient (Wildman–Crippen LogP) is 2.87. The number of carbonyl (C=O) groups is 3. The topological polar surface area (TPSA) is 169 Å². The van der Waals surface area contributed by atoms with Gasteiger partial charge in [0.2, 0.25) is 0 Å². The van der Waals surface area contributed by atoms with Crippen LogP contribution in [-0.4, -0.2) is 49.5 Å². The second-order valence-corrected chi connectivity index (χ2v) is 6.99. The number of aromatic nitrogens is 3. The number of benzene rings is 3. The van der Waals surface area contributed by atoms with E-state index in [0.29, 0.717) is 6.29 Å². The third-order valence-corrected chi connectivity index (χ3v) is 4.82. The first kappa shape index (κ1) is 22.9. The Morgan fingerprint density at radius 1 is 0.571 bits per heavy atom. The number of nitrogens with zero attached hydrogens (tertiary/aromatic N) is 3. The Morgan fingerprint density at radius 3 is 1.31 bits per heavy atom. The van der Waals surface area contributed by atoms with E-state index in [1.807, 2.05) is 0 Å². The van der Waals surface area contributed by atoms with E-state index in [1.165, 1.54) is 54.6 Å². The standard InChI is InChI=1S/C24H15N3O8/c28-10-13-1-4-16(19(31)7-13)22-25-23(17-5-2-14(34-11-29)8-20(17)32)27-24(26-22)18-6-3-15(35-12-30)9-21(18)33/h1-12,31-33H. The number of phenolic OH excluding ortho intramolecular Hbond substituents is 3. The lowest BCUT2D eigenvalue weighted by molar-refractivity contribution is -0.121. The summed E-state index contributed by atoms with van der Waals surface area (Å²) >= 11 is 0. The molecule has 0 saturated heterocycles. The zero-order valence-corrected chi connectivity index (χ0v) is 17.7. The smallest absolute Gasteiger partial charge is 0.298 e. The molecular weight excluding hydrogens is 458 g/mol. The summed E-state index contributed by atoms with van der Waals surface area (Å²) < 4.78 is 9.45. The van der Waals surface area contributed by atoms with E-state index < -0.39 is 0 Å². The van der Waals surface area contributed by atoms with Crippen molar-refractivity contribution >= 4 is 19.2 Å². The highest BCUT2D eigenvalue weighted by Crippen LogP contribution is 2.36. The van der Waals surface area contributed by atoms with E-state index in [-0.39, 0.29) is 81.4 Å². The molecule has 3 aromatic carbocycles. The van der Waals surface area contributed by atoms with Crippen LogP contribution in [0.3, 0.4) is 0 Å². The number of ether oxygens (including phenoxy) is 2. The van der Waals surface area contributed by atoms with Crippen molar-refractivity contribution in [1.29, 1.82) is 0 Å². The summed E-state index contributed by atoms with van der Waals surface area (Å²) in [6.45, 7) is 0.417. The highest BCUT2D eigenvalue weighted by Gasteiger charge is 2.19. The van der Waals surface area contributed by atoms with Crippen LogP contribution in [0.4, 0.5) is 0 Å². The first-order valence-corrected chi connectivity index (χ1v) is 9.85. The molecule has 3 N–H and O–H groups in total. The van der Waals surface area contributed by atoms with Gasteiger partial charge in [-0.2, -0.15) is 0 Å². The van der Waals surface area contributed by atoms with Crippen molar-refractivity contribution in [3.8, 4) is 62.9 Å². The second kappa shape index (κ2) is 9.67. The summed E-state index contributed by atoms with van der Waals surface area (Å²) in [5, 5.41) is 31.4. The van der Waals surface area contributed by atoms with E-state index in [9.17, 15) is 29.7 Å². The number of carbonyl (C=O) groups excluding carboxylic acids is 3. The summed E-state index contributed by atoms with van der Waals surface area (Å²) in [6.07, 6.45) is 0.565. The largest absolute Gasteiger partial charge is 0.507 e. The average molecular weight is 473 g/mol. The molecule has 4 aromatic rings. The highest BCUT2D eigenvalue weighted by molar-refractivity contribution is 5.80. The lowest BCUT2D eigenvalue weighted by atomic mass is 10.1. The Kier molecular flexibility index (Phi) is 6.31. The fourth-order valence-corrected chi connectivity index (χ4v) is 3.21. The number of hydrogen-bond donors (Lipinski definition) is 3. The molecule has 0 aliphatic rings. The minimum atomic E-state index is -0.313. The van der Waals surface area contributed by atoms with Crippen molar-refractivity contribution in [3.05, 3.63) is 60.2 Å². The lowest BCUT2D eigenvalue weighted by Gasteiger charge is -2.12. The van der Waals surface area contributed by atoms with Crippen LogP contribution in [0.5, 0.6) is 28.7 Å². The summed E-state index contributed by atoms with van der Waals surface area (Å²) in [5.74, 6) is -0.838. The second-order valence-electron chi connectivity index (χ2n) is 6.99. The SMILES string of the molecule is O=COc1ccc(-c2nc(-c3ccc(C=O)cc3O)nc(-c3ccc(OC=O)cc3O)n2)c(O)c1. The van der Waals surface area contributed by atoms with Gasteiger partial charge in [0, 0.05) is 17.7 Å². The van der Waals surface area contributed by atoms with Crippen LogP contribution in [0.15, 0.2) is 54.6 Å². The monoisotopic (exact) mass is 473 g/mol. The van der Waals surface area contributed by atoms with Crippen LogP contribution in [0, 0.1) is 0 Å². The normalized spacial score (nSPS) is 10.4. The van der Waals surface area contributed by atoms with Gasteiger partial charge in [-0.25, -0.2) is 15.0 Å². The molecule has 0 aliphatic carbocycles. The predicted molar refractivity (Wildman–Crippen MR) is 120 cm³/mol. The zero-order valence-electron chi connectivity index (χ0n) is 17.7. The van der Waals surface area contributed by atoms with Gasteiger partial charge in [-0.3, -0.25) is 14.4 Å². The van der Waals surface area contributed by atoms with Crippen molar-refractivity contribution in [3.63, 3.8) is 0 Å². The summed E-state index contributed by atoms with van der Waals surface area (Å²) in [7, 11) is 0. The van der Waals surface area contributed by atoms with Gasteiger partial charge in [0.25, 0.3) is 12.9 Å². The molecule has 0 amide bonds. The summed E-state index contributed by atoms with van der Waals surface area (Å²) in [5.41, 5.74) is 0.656. The molecule has 1 heterocycles. The van der Waals surface area contributed by atoms with E-state index >= 15 is 0 Å². The minimum absolute atomic E-state index is 0.0276. The van der Waals surface area contributed by atoms with Gasteiger partial charge in [0.1, 0.15) is 35.0 Å². The van der Waals surface area contributed by atoms with Gasteiger partial charge < -0.3 is 24.8 Å². The molecule has 0 atom stereocenters. The molecule has 35 heavy (non-hydrogen) atoms. The molecule has 0 spiro atoms. The Bertz CT molecular complexity index is 1380. The Balaban J connectivity index is 1.92. The van der Waals surface area contributed by atoms with Crippen LogP contribution >= 0.6 is 0 Å². The molecule has 11 nitrogen and oxygen atoms in total. The van der Waals surface area contributed by atoms with Crippen molar-refractivity contribution in [2.75, 3.05) is 0 Å². The number of rotatable bonds is 8. The molecule has 0 saturated carbocycles. The van der Waals surface area contributed by atoms with E-state index in [2.05, 4.69) is 15.0 Å². The van der Waals surface area contributed by atoms with Crippen molar-refractivity contribution in [2.24, 2.45) is 0 Å². The molecule has 0 unspecified atom stereocenters. The van der Waals surface area contributed by atoms with E-state index in [1.54, 1.807) is 0 Å². The van der Waals surface area contributed by atoms with E-state index in [4.69, 9.17) is 9.47 Å². The third kappa shape index (κ3) is 4.73. The number of phenols is 3. The molecule has 0 radical (unpaired) electrons. The van der Waals surface area contributed by atoms with Gasteiger partial charge in [0.05, 0.1) is 16.7 Å². The molecule has 0 aliphatic heterocycles. The first-order valence-electron chi connectivity index (χ1n) is 9.85. The summed E-state index contributed by atoms with van der Waals surface area (Å²) in [4.78, 5) is 45.2. The summed E-state index contributed by atoms with van der Waals surface area (Å²) in [6, 6.07) is 12.1. The Morgan fingerprint density at radius 2 is 0.971 bits per heavy atom. The van der Waals surface area contributed by atoms with E-state index in [0.717, 1.165) is 0 Å². The Labute approximate surface area is 196 Å². The molecule has 0 bridgehead atoms. The lowest BCUT2D eigenvalue weighted by Crippen LogP contribution is -2.01. The van der Waals surface area contributed by atoms with Crippen molar-refractivity contribution in [1.82, 2.24) is 15.0 Å². The fraction of sp³-hybridized carbons (Fsp3) is 0. The van der Waals surface area contributed by atoms with Crippen LogP contribution in [0.25, 0.3) is 34.2 Å². The van der Waals surface area contributed by atoms with Gasteiger partial charge >= 0.3 is 0 Å². The van der Waals surface area contributed by atoms with Gasteiger partial charge in [-0.1, -0.05) is 6.07 Å². The quantitative estimate of drug-likeness (QED) is 0.322. The molecule has 4 rings (SSSR count). The molecule has 0 fully saturated rings. The van der Waals surface area contributed by atoms with Crippen molar-refractivity contribution < 1.29 is 39.2 Å². The molecule has 1 aromatic heterocycles.